The van der Waals surface area contributed by atoms with Crippen molar-refractivity contribution >= 4 is 5.91 Å². The molecule has 5 heteroatoms. The number of nitrogens with one attached hydrogen (secondary N) is 1. The Labute approximate surface area is 160 Å². The van der Waals surface area contributed by atoms with Crippen LogP contribution in [-0.2, 0) is 6.54 Å². The van der Waals surface area contributed by atoms with Gasteiger partial charge in [-0.25, -0.2) is 0 Å². The predicted molar refractivity (Wildman–Crippen MR) is 104 cm³/mol. The van der Waals surface area contributed by atoms with Crippen LogP contribution in [0.3, 0.4) is 0 Å². The maximum absolute atomic E-state index is 12.8. The number of amides is 1. The Kier molecular flexibility index (Phi) is 4.72. The number of aryl methyl sites for hydroxylation is 1. The molecular formula is C22H28N2O3. The molecule has 2 aromatic rings. The molecule has 0 bridgehead atoms. The zero-order valence-corrected chi connectivity index (χ0v) is 16.4. The SMILES string of the molecule is Cc1ccc2c(c1)OC(C)(C)CC2NC(=O)c1ccc(CN2CCCC2)o1. The third-order valence-electron chi connectivity index (χ3n) is 5.40. The lowest BCUT2D eigenvalue weighted by atomic mass is 9.89. The molecule has 1 aromatic heterocycles. The first kappa shape index (κ1) is 18.1. The zero-order valence-electron chi connectivity index (χ0n) is 16.4. The highest BCUT2D eigenvalue weighted by Crippen LogP contribution is 2.40. The van der Waals surface area contributed by atoms with E-state index in [9.17, 15) is 4.79 Å². The van der Waals surface area contributed by atoms with Gasteiger partial charge in [-0.1, -0.05) is 12.1 Å². The maximum atomic E-state index is 12.8. The number of carbonyl (C=O) groups is 1. The lowest BCUT2D eigenvalue weighted by molar-refractivity contribution is 0.0610. The van der Waals surface area contributed by atoms with Crippen molar-refractivity contribution in [1.29, 1.82) is 0 Å². The summed E-state index contributed by atoms with van der Waals surface area (Å²) in [6, 6.07) is 9.74. The molecule has 0 radical (unpaired) electrons. The van der Waals surface area contributed by atoms with E-state index < -0.39 is 0 Å². The van der Waals surface area contributed by atoms with Gasteiger partial charge in [0, 0.05) is 12.0 Å². The van der Waals surface area contributed by atoms with Gasteiger partial charge in [0.15, 0.2) is 5.76 Å². The highest BCUT2D eigenvalue weighted by Gasteiger charge is 2.35. The molecular weight excluding hydrogens is 340 g/mol. The molecule has 1 unspecified atom stereocenters. The standard InChI is InChI=1S/C22H28N2O3/c1-15-6-8-17-18(13-22(2,3)27-20(17)12-15)23-21(25)19-9-7-16(26-19)14-24-10-4-5-11-24/h6-9,12,18H,4-5,10-11,13-14H2,1-3H3,(H,23,25). The quantitative estimate of drug-likeness (QED) is 0.878. The molecule has 0 aliphatic carbocycles. The average molecular weight is 368 g/mol. The Hall–Kier alpha value is -2.27. The van der Waals surface area contributed by atoms with Crippen LogP contribution in [0.2, 0.25) is 0 Å². The number of furan rings is 1. The third kappa shape index (κ3) is 4.03. The van der Waals surface area contributed by atoms with Crippen molar-refractivity contribution < 1.29 is 13.9 Å². The second-order valence-electron chi connectivity index (χ2n) is 8.38. The Bertz CT molecular complexity index is 834. The summed E-state index contributed by atoms with van der Waals surface area (Å²) in [7, 11) is 0. The van der Waals surface area contributed by atoms with Crippen LogP contribution in [-0.4, -0.2) is 29.5 Å². The van der Waals surface area contributed by atoms with Crippen molar-refractivity contribution in [2.24, 2.45) is 0 Å². The van der Waals surface area contributed by atoms with Gasteiger partial charge in [-0.05, 0) is 70.5 Å². The monoisotopic (exact) mass is 368 g/mol. The molecule has 3 heterocycles. The Morgan fingerprint density at radius 2 is 2.00 bits per heavy atom. The number of ether oxygens (including phenoxy) is 1. The molecule has 1 N–H and O–H groups in total. The summed E-state index contributed by atoms with van der Waals surface area (Å²) < 4.78 is 11.9. The first-order chi connectivity index (χ1) is 12.9. The van der Waals surface area contributed by atoms with Crippen LogP contribution in [0.15, 0.2) is 34.7 Å². The van der Waals surface area contributed by atoms with Crippen molar-refractivity contribution in [3.05, 3.63) is 53.0 Å². The summed E-state index contributed by atoms with van der Waals surface area (Å²) in [5, 5.41) is 3.15. The summed E-state index contributed by atoms with van der Waals surface area (Å²) in [6.07, 6.45) is 3.20. The van der Waals surface area contributed by atoms with Crippen molar-refractivity contribution in [3.8, 4) is 5.75 Å². The fourth-order valence-electron chi connectivity index (χ4n) is 4.06. The van der Waals surface area contributed by atoms with E-state index in [1.165, 1.54) is 12.8 Å². The Balaban J connectivity index is 1.48. The zero-order chi connectivity index (χ0) is 19.0. The molecule has 144 valence electrons. The van der Waals surface area contributed by atoms with E-state index in [0.29, 0.717) is 5.76 Å². The van der Waals surface area contributed by atoms with E-state index in [0.717, 1.165) is 48.7 Å². The molecule has 0 spiro atoms. The van der Waals surface area contributed by atoms with Crippen molar-refractivity contribution in [1.82, 2.24) is 10.2 Å². The van der Waals surface area contributed by atoms with Crippen LogP contribution < -0.4 is 10.1 Å². The summed E-state index contributed by atoms with van der Waals surface area (Å²) >= 11 is 0. The van der Waals surface area contributed by atoms with Crippen LogP contribution in [0.4, 0.5) is 0 Å². The van der Waals surface area contributed by atoms with Gasteiger partial charge >= 0.3 is 0 Å². The van der Waals surface area contributed by atoms with Crippen LogP contribution in [0.1, 0.15) is 66.6 Å². The number of benzene rings is 1. The largest absolute Gasteiger partial charge is 0.487 e. The van der Waals surface area contributed by atoms with E-state index in [-0.39, 0.29) is 17.6 Å². The predicted octanol–water partition coefficient (Wildman–Crippen LogP) is 4.22. The molecule has 1 amide bonds. The summed E-state index contributed by atoms with van der Waals surface area (Å²) in [5.74, 6) is 1.91. The minimum absolute atomic E-state index is 0.0935. The minimum Gasteiger partial charge on any atom is -0.487 e. The summed E-state index contributed by atoms with van der Waals surface area (Å²) in [4.78, 5) is 15.2. The van der Waals surface area contributed by atoms with Crippen LogP contribution in [0.25, 0.3) is 0 Å². The number of carbonyl (C=O) groups excluding carboxylic acids is 1. The van der Waals surface area contributed by atoms with Gasteiger partial charge in [-0.2, -0.15) is 0 Å². The number of nitrogens with zero attached hydrogens (tertiary/aromatic N) is 1. The summed E-state index contributed by atoms with van der Waals surface area (Å²) in [5.41, 5.74) is 1.84. The van der Waals surface area contributed by atoms with Crippen molar-refractivity contribution in [2.75, 3.05) is 13.1 Å². The molecule has 1 saturated heterocycles. The molecule has 1 fully saturated rings. The fourth-order valence-corrected chi connectivity index (χ4v) is 4.06. The van der Waals surface area contributed by atoms with Gasteiger partial charge < -0.3 is 14.5 Å². The minimum atomic E-state index is -0.331. The molecule has 2 aliphatic heterocycles. The smallest absolute Gasteiger partial charge is 0.287 e. The van der Waals surface area contributed by atoms with E-state index in [1.807, 2.05) is 25.1 Å². The van der Waals surface area contributed by atoms with E-state index >= 15 is 0 Å². The van der Waals surface area contributed by atoms with Crippen LogP contribution in [0.5, 0.6) is 5.75 Å². The fraction of sp³-hybridized carbons (Fsp3) is 0.500. The molecule has 4 rings (SSSR count). The first-order valence-corrected chi connectivity index (χ1v) is 9.81. The van der Waals surface area contributed by atoms with Gasteiger partial charge in [-0.15, -0.1) is 0 Å². The maximum Gasteiger partial charge on any atom is 0.287 e. The normalized spacial score (nSPS) is 21.5. The highest BCUT2D eigenvalue weighted by atomic mass is 16.5. The lowest BCUT2D eigenvalue weighted by Crippen LogP contribution is -2.41. The van der Waals surface area contributed by atoms with Gasteiger partial charge in [0.1, 0.15) is 17.1 Å². The second-order valence-corrected chi connectivity index (χ2v) is 8.38. The first-order valence-electron chi connectivity index (χ1n) is 9.81. The van der Waals surface area contributed by atoms with Crippen LogP contribution in [0, 0.1) is 6.92 Å². The van der Waals surface area contributed by atoms with Crippen LogP contribution >= 0.6 is 0 Å². The van der Waals surface area contributed by atoms with Gasteiger partial charge in [0.25, 0.3) is 5.91 Å². The Morgan fingerprint density at radius 1 is 1.22 bits per heavy atom. The molecule has 1 aromatic carbocycles. The lowest BCUT2D eigenvalue weighted by Gasteiger charge is -2.38. The molecule has 1 atom stereocenters. The van der Waals surface area contributed by atoms with E-state index in [2.05, 4.69) is 30.1 Å². The van der Waals surface area contributed by atoms with Gasteiger partial charge in [0.2, 0.25) is 0 Å². The number of hydrogen-bond acceptors (Lipinski definition) is 4. The van der Waals surface area contributed by atoms with Gasteiger partial charge in [0.05, 0.1) is 12.6 Å². The van der Waals surface area contributed by atoms with Crippen molar-refractivity contribution in [3.63, 3.8) is 0 Å². The molecule has 2 aliphatic rings. The summed E-state index contributed by atoms with van der Waals surface area (Å²) in [6.45, 7) is 9.14. The molecule has 0 saturated carbocycles. The van der Waals surface area contributed by atoms with Gasteiger partial charge in [-0.3, -0.25) is 9.69 Å². The number of likely N-dealkylation sites (tertiary alicyclic amines) is 1. The topological polar surface area (TPSA) is 54.7 Å². The number of fused-ring (bicyclic) bond motifs is 1. The number of hydrogen-bond donors (Lipinski definition) is 1. The van der Waals surface area contributed by atoms with E-state index in [1.54, 1.807) is 6.07 Å². The molecule has 27 heavy (non-hydrogen) atoms. The Morgan fingerprint density at radius 3 is 2.78 bits per heavy atom. The second kappa shape index (κ2) is 7.04. The average Bonchev–Trinajstić information content (AvgIpc) is 3.25. The molecule has 5 nitrogen and oxygen atoms in total. The highest BCUT2D eigenvalue weighted by molar-refractivity contribution is 5.91. The third-order valence-corrected chi connectivity index (χ3v) is 5.40. The van der Waals surface area contributed by atoms with E-state index in [4.69, 9.17) is 9.15 Å². The van der Waals surface area contributed by atoms with Crippen molar-refractivity contribution in [2.45, 2.75) is 58.2 Å². The number of rotatable bonds is 4.